The first kappa shape index (κ1) is 116. The highest BCUT2D eigenvalue weighted by atomic mass is 79.9. The Morgan fingerprint density at radius 2 is 0.628 bits per heavy atom. The number of alkyl halides is 1. The van der Waals surface area contributed by atoms with Gasteiger partial charge in [-0.25, -0.2) is 36.7 Å². The molecule has 11 aromatic rings. The van der Waals surface area contributed by atoms with Crippen LogP contribution in [0.2, 0.25) is 0 Å². The van der Waals surface area contributed by atoms with Crippen LogP contribution in [0.3, 0.4) is 0 Å². The van der Waals surface area contributed by atoms with Crippen LogP contribution in [0.5, 0.6) is 23.0 Å². The molecule has 4 N–H and O–H groups in total. The standard InChI is InChI=1S/C23H28FN3O4.2C18H20FN3O2.C13H16FNO.C12H18N2O3.C10H13BrN2O3.C8H11BrN2O2.C3H3BrN2.ClH/c1-23(2,3)31-22(29)27-13-17(10-25-27)21(28)14-26-11-15-8-20(9-16(15)12-26)30-19-6-4-18(24)5-7-19;2*19-15-1-3-16(4-2-15)24-17-5-12-9-22(10-13(12)6-17)11-18(23)14-7-20-21-8-14;14-11-1-3-12(4-2-11)16-13-5-9-7-15-8-10(9)6-13;1-6-16-9(2)10-7-13-14(8-10)11(15)17-12(3,4)5;1-10(2,3)16-9(15)13-6-7(5-12-13)8(14)4-11;1-8(2,3)13-7(12)11-5-6(9)4-10-11;4-3-1-5-6-2-3;/h4-7,10,13,15-16,20H,8-9,11-12,14H2,1-3H3;2*1-4,7-8,12-13,17H,5-6,9-11H2,(H,20,21);1-4,9-10,13,15H,5-8H2;7-8H,2,6H2,1,3-5H3;5-6H,4H2,1-3H3;4-5H,1-3H3;1-2H,(H,5,6);1H/t15-,16+,20?;2*12-,13+,17?;9-,10+,13?;;;;;. The van der Waals surface area contributed by atoms with Crippen LogP contribution in [0.1, 0.15) is 188 Å². The van der Waals surface area contributed by atoms with E-state index in [-0.39, 0.29) is 82.5 Å². The maximum Gasteiger partial charge on any atom is 0.435 e. The van der Waals surface area contributed by atoms with Crippen molar-refractivity contribution in [2.45, 2.75) is 188 Å². The number of rotatable bonds is 22. The Morgan fingerprint density at radius 1 is 0.358 bits per heavy atom. The molecule has 12 atom stereocenters. The Hall–Kier alpha value is -12.1. The predicted octanol–water partition coefficient (Wildman–Crippen LogP) is 20.0. The molecule has 11 heterocycles. The molecule has 0 amide bonds. The molecule has 0 radical (unpaired) electrons. The lowest BCUT2D eigenvalue weighted by atomic mass is 10.0. The van der Waals surface area contributed by atoms with Crippen molar-refractivity contribution in [1.82, 2.24) is 89.7 Å². The van der Waals surface area contributed by atoms with Gasteiger partial charge in [0.2, 0.25) is 0 Å². The number of hydrogen-bond acceptors (Lipinski definition) is 28. The van der Waals surface area contributed by atoms with E-state index >= 15 is 0 Å². The van der Waals surface area contributed by atoms with Crippen LogP contribution in [0.4, 0.5) is 36.7 Å². The van der Waals surface area contributed by atoms with Crippen molar-refractivity contribution in [1.29, 1.82) is 0 Å². The first-order chi connectivity index (χ1) is 69.7. The lowest BCUT2D eigenvalue weighted by Crippen LogP contribution is -2.30. The van der Waals surface area contributed by atoms with Crippen LogP contribution in [0.15, 0.2) is 199 Å². The molecule has 4 unspecified atom stereocenters. The lowest BCUT2D eigenvalue weighted by Gasteiger charge is -2.19. The molecule has 8 aliphatic rings. The summed E-state index contributed by atoms with van der Waals surface area (Å²) in [5.41, 5.74) is 0.493. The molecule has 0 spiro atoms. The number of ketones is 4. The third-order valence-electron chi connectivity index (χ3n) is 24.7. The highest BCUT2D eigenvalue weighted by Crippen LogP contribution is 2.44. The highest BCUT2D eigenvalue weighted by molar-refractivity contribution is 9.10. The summed E-state index contributed by atoms with van der Waals surface area (Å²) in [7, 11) is 0. The lowest BCUT2D eigenvalue weighted by molar-refractivity contribution is 0.0503. The maximum absolute atomic E-state index is 13.0. The average Bonchev–Trinajstić information content (AvgIpc) is 1.65. The zero-order valence-electron chi connectivity index (χ0n) is 85.1. The molecule has 8 fully saturated rings. The number of carbonyl (C=O) groups excluding carboxylic acids is 8. The van der Waals surface area contributed by atoms with Gasteiger partial charge in [0.15, 0.2) is 23.1 Å². The summed E-state index contributed by atoms with van der Waals surface area (Å²) in [6.45, 7) is 36.5. The summed E-state index contributed by atoms with van der Waals surface area (Å²) < 4.78 is 107. The van der Waals surface area contributed by atoms with Crippen molar-refractivity contribution in [3.05, 3.63) is 250 Å². The molecule has 35 nitrogen and oxygen atoms in total. The number of carbonyl (C=O) groups is 8. The second-order valence-corrected chi connectivity index (χ2v) is 43.5. The molecule has 4 saturated carbocycles. The van der Waals surface area contributed by atoms with Crippen molar-refractivity contribution < 1.29 is 98.5 Å². The van der Waals surface area contributed by atoms with Crippen molar-refractivity contribution in [3.63, 3.8) is 0 Å². The van der Waals surface area contributed by atoms with Crippen LogP contribution in [-0.2, 0) is 23.7 Å². The molecule has 4 aromatic carbocycles. The van der Waals surface area contributed by atoms with E-state index in [1.165, 1.54) is 91.9 Å². The molecule has 148 heavy (non-hydrogen) atoms. The van der Waals surface area contributed by atoms with Gasteiger partial charge < -0.3 is 47.9 Å². The predicted molar refractivity (Wildman–Crippen MR) is 556 cm³/mol. The molecule has 19 rings (SSSR count). The van der Waals surface area contributed by atoms with Crippen molar-refractivity contribution >= 4 is 113 Å². The largest absolute Gasteiger partial charge is 0.494 e. The van der Waals surface area contributed by atoms with Crippen molar-refractivity contribution in [2.75, 3.05) is 83.9 Å². The summed E-state index contributed by atoms with van der Waals surface area (Å²) in [6.07, 6.45) is 28.3. The molecule has 7 aromatic heterocycles. The number of hydrogen-bond donors (Lipinski definition) is 4. The quantitative estimate of drug-likeness (QED) is 0.0161. The molecule has 43 heteroatoms. The number of halogens is 8. The molecule has 0 bridgehead atoms. The van der Waals surface area contributed by atoms with Gasteiger partial charge in [0, 0.05) is 76.4 Å². The van der Waals surface area contributed by atoms with E-state index in [0.29, 0.717) is 107 Å². The van der Waals surface area contributed by atoms with Crippen molar-refractivity contribution in [3.8, 4) is 23.0 Å². The number of H-pyrrole nitrogens is 3. The SMILES string of the molecule is Brc1cn[nH]c1.C=C(OCC)c1cnn(C(=O)OC(C)(C)C)c1.CC(C)(C)OC(=O)n1cc(Br)cn1.CC(C)(C)OC(=O)n1cc(C(=O)CBr)cn1.CC(C)(C)OC(=O)n1cc(C(=O)CN2C[C@H]3CC(Oc4ccc(F)cc4)C[C@H]3C2)cn1.Cl.Fc1ccc(OC2C[C@H]3CNC[C@H]3C2)cc1.O=C(CN1C[C@H]2CC(Oc3ccc(F)cc3)C[C@H]2C1)c1cn[nH]c1.O=C(CN1C[C@H]2CC(Oc3ccc(F)cc3)C[C@H]2C1)c1cn[nH]c1. The fourth-order valence-electron chi connectivity index (χ4n) is 18.3. The first-order valence-corrected chi connectivity index (χ1v) is 51.4. The third kappa shape index (κ3) is 37.3. The van der Waals surface area contributed by atoms with Gasteiger partial charge in [0.1, 0.15) is 74.4 Å². The van der Waals surface area contributed by atoms with Crippen LogP contribution in [-0.4, -0.2) is 263 Å². The van der Waals surface area contributed by atoms with Crippen LogP contribution in [0, 0.1) is 70.6 Å². The van der Waals surface area contributed by atoms with Crippen LogP contribution in [0.25, 0.3) is 5.76 Å². The minimum absolute atomic E-state index is 0. The van der Waals surface area contributed by atoms with E-state index < -0.39 is 46.8 Å². The Labute approximate surface area is 888 Å². The average molecular weight is 2270 g/mol. The zero-order valence-corrected chi connectivity index (χ0v) is 90.6. The van der Waals surface area contributed by atoms with E-state index in [1.807, 2.05) is 27.7 Å². The minimum Gasteiger partial charge on any atom is -0.494 e. The number of ether oxygens (including phenoxy) is 9. The van der Waals surface area contributed by atoms with Gasteiger partial charge in [0.05, 0.1) is 142 Å². The van der Waals surface area contributed by atoms with Gasteiger partial charge in [-0.15, -0.1) is 12.4 Å². The number of Topliss-reactive ketones (excluding diaryl/α,β-unsaturated/α-hetero) is 4. The molecular formula is C105H130Br3ClF4N18O17. The number of nitrogens with zero attached hydrogens (tertiary/aromatic N) is 14. The van der Waals surface area contributed by atoms with E-state index in [9.17, 15) is 55.9 Å². The van der Waals surface area contributed by atoms with Gasteiger partial charge in [-0.2, -0.15) is 54.4 Å². The van der Waals surface area contributed by atoms with Crippen molar-refractivity contribution in [2.24, 2.45) is 47.3 Å². The van der Waals surface area contributed by atoms with E-state index in [2.05, 4.69) is 125 Å². The molecular weight excluding hydrogens is 2140 g/mol. The molecule has 4 saturated heterocycles. The Kier molecular flexibility index (Phi) is 42.3. The second-order valence-electron chi connectivity index (χ2n) is 41.1. The van der Waals surface area contributed by atoms with Gasteiger partial charge in [0.25, 0.3) is 0 Å². The highest BCUT2D eigenvalue weighted by Gasteiger charge is 2.46. The van der Waals surface area contributed by atoms with Crippen LogP contribution >= 0.6 is 60.2 Å². The number of fused-ring (bicyclic) bond motifs is 4. The number of nitrogens with one attached hydrogen (secondary N) is 4. The summed E-state index contributed by atoms with van der Waals surface area (Å²) in [5.74, 6) is 7.35. The number of aromatic amines is 3. The monoisotopic (exact) mass is 2260 g/mol. The van der Waals surface area contributed by atoms with E-state index in [4.69, 9.17) is 42.6 Å². The Balaban J connectivity index is 0.000000165. The summed E-state index contributed by atoms with van der Waals surface area (Å²) in [5, 5.41) is 38.3. The Bertz CT molecular complexity index is 5920. The minimum atomic E-state index is -0.626. The molecule has 4 aliphatic heterocycles. The second kappa shape index (κ2) is 53.9. The number of likely N-dealkylation sites (tertiary alicyclic amines) is 3. The normalized spacial score (nSPS) is 20.9. The maximum atomic E-state index is 13.0. The van der Waals surface area contributed by atoms with Gasteiger partial charge in [-0.1, -0.05) is 22.5 Å². The van der Waals surface area contributed by atoms with Gasteiger partial charge in [-0.05, 0) is 331 Å². The summed E-state index contributed by atoms with van der Waals surface area (Å²) >= 11 is 9.42. The molecule has 798 valence electrons. The van der Waals surface area contributed by atoms with E-state index in [0.717, 1.165) is 160 Å². The van der Waals surface area contributed by atoms with E-state index in [1.54, 1.807) is 154 Å². The first-order valence-electron chi connectivity index (χ1n) is 48.7. The smallest absolute Gasteiger partial charge is 0.435 e. The summed E-state index contributed by atoms with van der Waals surface area (Å²) in [4.78, 5) is 102. The zero-order chi connectivity index (χ0) is 106. The number of aromatic nitrogens is 14. The fourth-order valence-corrected chi connectivity index (χ4v) is 19.1. The number of benzene rings is 4. The molecule has 4 aliphatic carbocycles. The topological polar surface area (TPSA) is 399 Å². The van der Waals surface area contributed by atoms with Crippen LogP contribution < -0.4 is 24.3 Å². The Morgan fingerprint density at radius 3 is 0.885 bits per heavy atom. The third-order valence-corrected chi connectivity index (χ3v) is 26.0. The van der Waals surface area contributed by atoms with Gasteiger partial charge in [-0.3, -0.25) is 49.2 Å². The van der Waals surface area contributed by atoms with Gasteiger partial charge >= 0.3 is 24.4 Å². The fraction of sp³-hybridized carbons (Fsp3) is 0.476. The summed E-state index contributed by atoms with van der Waals surface area (Å²) in [6, 6.07) is 24.9.